The van der Waals surface area contributed by atoms with Crippen LogP contribution in [0.15, 0.2) is 46.9 Å². The summed E-state index contributed by atoms with van der Waals surface area (Å²) in [5.41, 5.74) is 2.78. The lowest BCUT2D eigenvalue weighted by Crippen LogP contribution is -2.37. The van der Waals surface area contributed by atoms with Crippen LogP contribution in [0.5, 0.6) is 11.9 Å². The van der Waals surface area contributed by atoms with E-state index in [1.807, 2.05) is 4.72 Å². The number of fused-ring (bicyclic) bond motifs is 1. The van der Waals surface area contributed by atoms with Gasteiger partial charge in [0.15, 0.2) is 5.82 Å². The summed E-state index contributed by atoms with van der Waals surface area (Å²) in [6.45, 7) is -1.78. The Kier molecular flexibility index (Phi) is 7.82. The number of aromatic nitrogens is 5. The molecule has 0 atom stereocenters. The second-order valence-electron chi connectivity index (χ2n) is 6.86. The van der Waals surface area contributed by atoms with E-state index >= 15 is 0 Å². The Morgan fingerprint density at radius 2 is 1.78 bits per heavy atom. The van der Waals surface area contributed by atoms with Gasteiger partial charge in [-0.2, -0.15) is 26.3 Å². The van der Waals surface area contributed by atoms with Gasteiger partial charge in [-0.25, -0.2) is 24.9 Å². The lowest BCUT2D eigenvalue weighted by Gasteiger charge is -2.16. The highest BCUT2D eigenvalue weighted by molar-refractivity contribution is 9.10. The topological polar surface area (TPSA) is 141 Å². The van der Waals surface area contributed by atoms with E-state index in [1.54, 1.807) is 23.7 Å². The molecule has 36 heavy (non-hydrogen) atoms. The number of hydrogen-bond acceptors (Lipinski definition) is 10. The van der Waals surface area contributed by atoms with Crippen LogP contribution >= 0.6 is 27.3 Å². The molecule has 190 valence electrons. The minimum atomic E-state index is -4.74. The van der Waals surface area contributed by atoms with Gasteiger partial charge < -0.3 is 9.47 Å². The summed E-state index contributed by atoms with van der Waals surface area (Å²) in [5, 5.41) is 0. The molecule has 0 amide bonds. The van der Waals surface area contributed by atoms with Gasteiger partial charge in [0.1, 0.15) is 26.1 Å². The third-order valence-electron chi connectivity index (χ3n) is 4.28. The summed E-state index contributed by atoms with van der Waals surface area (Å²) in [4.78, 5) is 20.2. The highest BCUT2D eigenvalue weighted by Gasteiger charge is 2.30. The average molecular weight is 606 g/mol. The van der Waals surface area contributed by atoms with Gasteiger partial charge in [0, 0.05) is 12.4 Å². The molecule has 0 spiro atoms. The highest BCUT2D eigenvalue weighted by atomic mass is 79.9. The molecule has 4 rings (SSSR count). The van der Waals surface area contributed by atoms with Gasteiger partial charge in [-0.05, 0) is 33.6 Å². The van der Waals surface area contributed by atoms with E-state index in [0.717, 1.165) is 11.0 Å². The molecule has 3 heterocycles. The Morgan fingerprint density at radius 3 is 2.53 bits per heavy atom. The van der Waals surface area contributed by atoms with Crippen LogP contribution in [0.1, 0.15) is 0 Å². The number of ether oxygens (including phenoxy) is 2. The number of halogens is 4. The van der Waals surface area contributed by atoms with Crippen molar-refractivity contribution >= 4 is 53.5 Å². The zero-order valence-electron chi connectivity index (χ0n) is 17.9. The number of thiazole rings is 1. The van der Waals surface area contributed by atoms with E-state index < -0.39 is 22.9 Å². The van der Waals surface area contributed by atoms with Gasteiger partial charge in [0.2, 0.25) is 5.88 Å². The highest BCUT2D eigenvalue weighted by Crippen LogP contribution is 2.36. The predicted molar refractivity (Wildman–Crippen MR) is 128 cm³/mol. The number of nitrogens with one attached hydrogen (secondary N) is 2. The molecule has 2 N–H and O–H groups in total. The molecule has 0 fully saturated rings. The summed E-state index contributed by atoms with van der Waals surface area (Å²) in [6, 6.07) is 5.19. The molecule has 1 aromatic carbocycles. The zero-order chi connectivity index (χ0) is 25.8. The van der Waals surface area contributed by atoms with Crippen molar-refractivity contribution in [3.8, 4) is 23.0 Å². The SMILES string of the molecule is O=S(=O)(NCC(F)(F)F)Nc1ncnc(OCCOc2ncc(Br)cn2)c1-c1ccc2scnc2c1. The number of alkyl halides is 3. The molecule has 4 aromatic rings. The van der Waals surface area contributed by atoms with Gasteiger partial charge >= 0.3 is 22.4 Å². The fourth-order valence-corrected chi connectivity index (χ4v) is 4.51. The summed E-state index contributed by atoms with van der Waals surface area (Å²) >= 11 is 4.62. The van der Waals surface area contributed by atoms with Crippen LogP contribution in [0.3, 0.4) is 0 Å². The summed E-state index contributed by atoms with van der Waals surface area (Å²) < 4.78 is 78.3. The molecule has 0 aliphatic carbocycles. The molecule has 0 aliphatic rings. The van der Waals surface area contributed by atoms with E-state index in [1.165, 1.54) is 28.5 Å². The van der Waals surface area contributed by atoms with Gasteiger partial charge in [-0.1, -0.05) is 6.07 Å². The Balaban J connectivity index is 1.59. The third-order valence-corrected chi connectivity index (χ3v) is 6.48. The largest absolute Gasteiger partial charge is 0.473 e. The molecular weight excluding hydrogens is 591 g/mol. The fourth-order valence-electron chi connectivity index (χ4n) is 2.82. The van der Waals surface area contributed by atoms with E-state index in [-0.39, 0.29) is 36.5 Å². The van der Waals surface area contributed by atoms with Crippen molar-refractivity contribution in [3.05, 3.63) is 46.9 Å². The predicted octanol–water partition coefficient (Wildman–Crippen LogP) is 3.57. The lowest BCUT2D eigenvalue weighted by atomic mass is 10.1. The second kappa shape index (κ2) is 10.9. The van der Waals surface area contributed by atoms with Crippen molar-refractivity contribution in [1.82, 2.24) is 29.6 Å². The van der Waals surface area contributed by atoms with Gasteiger partial charge in [0.05, 0.1) is 25.8 Å². The molecule has 3 aromatic heterocycles. The molecular formula is C19H15BrF3N7O4S2. The number of rotatable bonds is 10. The smallest absolute Gasteiger partial charge is 0.402 e. The quantitative estimate of drug-likeness (QED) is 0.259. The molecule has 11 nitrogen and oxygen atoms in total. The first-order chi connectivity index (χ1) is 17.1. The molecule has 0 unspecified atom stereocenters. The number of hydrogen-bond donors (Lipinski definition) is 2. The Hall–Kier alpha value is -3.15. The fraction of sp³-hybridized carbons (Fsp3) is 0.211. The normalized spacial score (nSPS) is 12.0. The minimum Gasteiger partial charge on any atom is -0.473 e. The summed E-state index contributed by atoms with van der Waals surface area (Å²) in [6.07, 6.45) is -0.719. The average Bonchev–Trinajstić information content (AvgIpc) is 3.29. The molecule has 0 aliphatic heterocycles. The Morgan fingerprint density at radius 1 is 1.03 bits per heavy atom. The van der Waals surface area contributed by atoms with Gasteiger partial charge in [-0.3, -0.25) is 4.72 Å². The van der Waals surface area contributed by atoms with E-state index in [0.29, 0.717) is 15.6 Å². The maximum absolute atomic E-state index is 12.5. The Labute approximate surface area is 214 Å². The molecule has 0 saturated heterocycles. The minimum absolute atomic E-state index is 0.0182. The van der Waals surface area contributed by atoms with Gasteiger partial charge in [-0.15, -0.1) is 11.3 Å². The first-order valence-corrected chi connectivity index (χ1v) is 13.0. The third kappa shape index (κ3) is 6.96. The molecule has 0 radical (unpaired) electrons. The van der Waals surface area contributed by atoms with Crippen LogP contribution in [0.4, 0.5) is 19.0 Å². The van der Waals surface area contributed by atoms with Crippen molar-refractivity contribution in [2.75, 3.05) is 24.5 Å². The van der Waals surface area contributed by atoms with Crippen molar-refractivity contribution < 1.29 is 31.1 Å². The molecule has 0 bridgehead atoms. The van der Waals surface area contributed by atoms with E-state index in [9.17, 15) is 21.6 Å². The van der Waals surface area contributed by atoms with Crippen molar-refractivity contribution in [1.29, 1.82) is 0 Å². The van der Waals surface area contributed by atoms with Crippen molar-refractivity contribution in [2.24, 2.45) is 0 Å². The first kappa shape index (κ1) is 25.9. The molecule has 17 heteroatoms. The number of nitrogens with zero attached hydrogens (tertiary/aromatic N) is 5. The maximum Gasteiger partial charge on any atom is 0.402 e. The number of benzene rings is 1. The van der Waals surface area contributed by atoms with Crippen LogP contribution in [0.25, 0.3) is 21.3 Å². The van der Waals surface area contributed by atoms with Crippen LogP contribution in [-0.4, -0.2) is 59.3 Å². The lowest BCUT2D eigenvalue weighted by molar-refractivity contribution is -0.121. The molecule has 0 saturated carbocycles. The summed E-state index contributed by atoms with van der Waals surface area (Å²) in [7, 11) is -4.64. The first-order valence-electron chi connectivity index (χ1n) is 9.85. The van der Waals surface area contributed by atoms with Crippen molar-refractivity contribution in [2.45, 2.75) is 6.18 Å². The van der Waals surface area contributed by atoms with Gasteiger partial charge in [0.25, 0.3) is 0 Å². The van der Waals surface area contributed by atoms with E-state index in [4.69, 9.17) is 9.47 Å². The zero-order valence-corrected chi connectivity index (χ0v) is 21.1. The second-order valence-corrected chi connectivity index (χ2v) is 10.2. The van der Waals surface area contributed by atoms with Crippen LogP contribution in [0, 0.1) is 0 Å². The maximum atomic E-state index is 12.5. The standard InChI is InChI=1S/C19H15BrF3N7O4S2/c20-12-6-24-18(25-7-12)34-4-3-33-17-15(11-1-2-14-13(5-11)28-10-35-14)16(26-9-27-17)30-36(31,32)29-8-19(21,22)23/h1-2,5-7,9-10,29H,3-4,8H2,(H,26,27,30). The monoisotopic (exact) mass is 605 g/mol. The van der Waals surface area contributed by atoms with Crippen LogP contribution < -0.4 is 18.9 Å². The van der Waals surface area contributed by atoms with Crippen molar-refractivity contribution in [3.63, 3.8) is 0 Å². The number of anilines is 1. The Bertz CT molecular complexity index is 1450. The van der Waals surface area contributed by atoms with Crippen LogP contribution in [0.2, 0.25) is 0 Å². The van der Waals surface area contributed by atoms with E-state index in [2.05, 4.69) is 40.8 Å². The van der Waals surface area contributed by atoms with Crippen LogP contribution in [-0.2, 0) is 10.2 Å². The summed E-state index contributed by atoms with van der Waals surface area (Å²) in [5.74, 6) is -0.324.